The molecule has 0 N–H and O–H groups in total. The van der Waals surface area contributed by atoms with Gasteiger partial charge in [-0.15, -0.1) is 0 Å². The van der Waals surface area contributed by atoms with E-state index in [1.165, 1.54) is 0 Å². The van der Waals surface area contributed by atoms with E-state index < -0.39 is 0 Å². The number of nitrogens with zero attached hydrogens (tertiary/aromatic N) is 4. The average Bonchev–Trinajstić information content (AvgIpc) is 2.83. The number of methoxy groups -OCH3 is 1. The summed E-state index contributed by atoms with van der Waals surface area (Å²) in [5.41, 5.74) is 1.66. The standard InChI is InChI=1S/C23H24N4O3/c1-29-21-16-19(8-9-20(21)30-17-18-6-3-2-4-7-18)22(28)26-12-14-27(15-13-26)23-24-10-5-11-25-23/h2-11,16H,12-15,17H2,1H3. The molecule has 0 saturated carbocycles. The highest BCUT2D eigenvalue weighted by atomic mass is 16.5. The van der Waals surface area contributed by atoms with Crippen molar-refractivity contribution in [1.82, 2.24) is 14.9 Å². The Kier molecular flexibility index (Phi) is 6.08. The second-order valence-corrected chi connectivity index (χ2v) is 6.97. The van der Waals surface area contributed by atoms with E-state index in [0.717, 1.165) is 5.56 Å². The van der Waals surface area contributed by atoms with Crippen LogP contribution in [0.4, 0.5) is 5.95 Å². The van der Waals surface area contributed by atoms with Gasteiger partial charge in [0.25, 0.3) is 5.91 Å². The maximum absolute atomic E-state index is 13.0. The Hall–Kier alpha value is -3.61. The zero-order valence-electron chi connectivity index (χ0n) is 16.9. The molecular formula is C23H24N4O3. The third-order valence-electron chi connectivity index (χ3n) is 5.05. The molecular weight excluding hydrogens is 380 g/mol. The van der Waals surface area contributed by atoms with Gasteiger partial charge in [-0.2, -0.15) is 0 Å². The van der Waals surface area contributed by atoms with Gasteiger partial charge in [0.05, 0.1) is 7.11 Å². The first-order chi connectivity index (χ1) is 14.7. The molecule has 7 heteroatoms. The molecule has 4 rings (SSSR count). The number of hydrogen-bond donors (Lipinski definition) is 0. The second-order valence-electron chi connectivity index (χ2n) is 6.97. The fourth-order valence-electron chi connectivity index (χ4n) is 3.40. The minimum atomic E-state index is -0.0171. The zero-order chi connectivity index (χ0) is 20.8. The molecule has 0 unspecified atom stereocenters. The van der Waals surface area contributed by atoms with Gasteiger partial charge in [-0.05, 0) is 29.8 Å². The number of anilines is 1. The average molecular weight is 404 g/mol. The minimum absolute atomic E-state index is 0.0171. The van der Waals surface area contributed by atoms with Crippen LogP contribution in [0.1, 0.15) is 15.9 Å². The van der Waals surface area contributed by atoms with Crippen molar-refractivity contribution in [3.8, 4) is 11.5 Å². The molecule has 3 aromatic rings. The molecule has 1 aromatic heterocycles. The van der Waals surface area contributed by atoms with Crippen LogP contribution in [0.15, 0.2) is 67.0 Å². The van der Waals surface area contributed by atoms with Gasteiger partial charge in [-0.1, -0.05) is 30.3 Å². The van der Waals surface area contributed by atoms with Crippen LogP contribution in [0, 0.1) is 0 Å². The quantitative estimate of drug-likeness (QED) is 0.629. The highest BCUT2D eigenvalue weighted by molar-refractivity contribution is 5.95. The van der Waals surface area contributed by atoms with Crippen LogP contribution < -0.4 is 14.4 Å². The molecule has 0 aliphatic carbocycles. The molecule has 1 aliphatic heterocycles. The summed E-state index contributed by atoms with van der Waals surface area (Å²) in [6.45, 7) is 3.07. The SMILES string of the molecule is COc1cc(C(=O)N2CCN(c3ncccn3)CC2)ccc1OCc1ccccc1. The van der Waals surface area contributed by atoms with Crippen molar-refractivity contribution < 1.29 is 14.3 Å². The maximum Gasteiger partial charge on any atom is 0.254 e. The van der Waals surface area contributed by atoms with E-state index in [4.69, 9.17) is 9.47 Å². The van der Waals surface area contributed by atoms with Crippen LogP contribution >= 0.6 is 0 Å². The van der Waals surface area contributed by atoms with Crippen molar-refractivity contribution in [2.45, 2.75) is 6.61 Å². The Bertz CT molecular complexity index is 974. The molecule has 0 spiro atoms. The van der Waals surface area contributed by atoms with E-state index in [2.05, 4.69) is 14.9 Å². The maximum atomic E-state index is 13.0. The summed E-state index contributed by atoms with van der Waals surface area (Å²) in [5, 5.41) is 0. The first-order valence-corrected chi connectivity index (χ1v) is 9.90. The lowest BCUT2D eigenvalue weighted by atomic mass is 10.1. The molecule has 2 aromatic carbocycles. The molecule has 1 fully saturated rings. The lowest BCUT2D eigenvalue weighted by Gasteiger charge is -2.34. The van der Waals surface area contributed by atoms with E-state index in [-0.39, 0.29) is 5.91 Å². The monoisotopic (exact) mass is 404 g/mol. The second kappa shape index (κ2) is 9.26. The summed E-state index contributed by atoms with van der Waals surface area (Å²) in [6, 6.07) is 17.1. The van der Waals surface area contributed by atoms with Gasteiger partial charge in [-0.25, -0.2) is 9.97 Å². The topological polar surface area (TPSA) is 67.8 Å². The molecule has 0 bridgehead atoms. The Labute approximate surface area is 175 Å². The number of rotatable bonds is 6. The Morgan fingerprint density at radius 1 is 0.933 bits per heavy atom. The Balaban J connectivity index is 1.39. The van der Waals surface area contributed by atoms with Crippen LogP contribution in [0.3, 0.4) is 0 Å². The molecule has 7 nitrogen and oxygen atoms in total. The molecule has 0 atom stereocenters. The van der Waals surface area contributed by atoms with E-state index >= 15 is 0 Å². The normalized spacial score (nSPS) is 13.8. The predicted molar refractivity (Wildman–Crippen MR) is 114 cm³/mol. The number of carbonyl (C=O) groups excluding carboxylic acids is 1. The molecule has 154 valence electrons. The van der Waals surface area contributed by atoms with E-state index in [1.807, 2.05) is 35.2 Å². The smallest absolute Gasteiger partial charge is 0.254 e. The summed E-state index contributed by atoms with van der Waals surface area (Å²) in [6.07, 6.45) is 3.46. The fourth-order valence-corrected chi connectivity index (χ4v) is 3.40. The van der Waals surface area contributed by atoms with Crippen LogP contribution in [0.25, 0.3) is 0 Å². The Morgan fingerprint density at radius 2 is 1.67 bits per heavy atom. The first kappa shape index (κ1) is 19.7. The van der Waals surface area contributed by atoms with Gasteiger partial charge in [0.15, 0.2) is 11.5 Å². The van der Waals surface area contributed by atoms with Gasteiger partial charge in [0.1, 0.15) is 6.61 Å². The van der Waals surface area contributed by atoms with Crippen LogP contribution in [0.5, 0.6) is 11.5 Å². The molecule has 2 heterocycles. The number of aromatic nitrogens is 2. The molecule has 1 saturated heterocycles. The number of amides is 1. The van der Waals surface area contributed by atoms with Gasteiger partial charge in [0.2, 0.25) is 5.95 Å². The van der Waals surface area contributed by atoms with Crippen LogP contribution in [-0.4, -0.2) is 54.1 Å². The number of benzene rings is 2. The number of hydrogen-bond acceptors (Lipinski definition) is 6. The molecule has 1 aliphatic rings. The number of piperazine rings is 1. The summed E-state index contributed by atoms with van der Waals surface area (Å²) in [5.74, 6) is 1.85. The summed E-state index contributed by atoms with van der Waals surface area (Å²) in [4.78, 5) is 25.5. The van der Waals surface area contributed by atoms with Gasteiger partial charge < -0.3 is 19.3 Å². The van der Waals surface area contributed by atoms with Crippen molar-refractivity contribution in [2.75, 3.05) is 38.2 Å². The highest BCUT2D eigenvalue weighted by Crippen LogP contribution is 2.29. The predicted octanol–water partition coefficient (Wildman–Crippen LogP) is 3.03. The van der Waals surface area contributed by atoms with Crippen molar-refractivity contribution in [3.05, 3.63) is 78.1 Å². The number of ether oxygens (including phenoxy) is 2. The largest absolute Gasteiger partial charge is 0.493 e. The third-order valence-corrected chi connectivity index (χ3v) is 5.05. The van der Waals surface area contributed by atoms with Crippen LogP contribution in [-0.2, 0) is 6.61 Å². The zero-order valence-corrected chi connectivity index (χ0v) is 16.9. The molecule has 30 heavy (non-hydrogen) atoms. The van der Waals surface area contributed by atoms with Crippen molar-refractivity contribution >= 4 is 11.9 Å². The van der Waals surface area contributed by atoms with Crippen molar-refractivity contribution in [3.63, 3.8) is 0 Å². The summed E-state index contributed by atoms with van der Waals surface area (Å²) in [7, 11) is 1.58. The van der Waals surface area contributed by atoms with Crippen molar-refractivity contribution in [2.24, 2.45) is 0 Å². The summed E-state index contributed by atoms with van der Waals surface area (Å²) < 4.78 is 11.4. The number of carbonyl (C=O) groups is 1. The highest BCUT2D eigenvalue weighted by Gasteiger charge is 2.24. The molecule has 0 radical (unpaired) electrons. The van der Waals surface area contributed by atoms with E-state index in [0.29, 0.717) is 55.8 Å². The molecule has 1 amide bonds. The third kappa shape index (κ3) is 4.51. The lowest BCUT2D eigenvalue weighted by molar-refractivity contribution is 0.0745. The summed E-state index contributed by atoms with van der Waals surface area (Å²) >= 11 is 0. The van der Waals surface area contributed by atoms with Crippen molar-refractivity contribution in [1.29, 1.82) is 0 Å². The fraction of sp³-hybridized carbons (Fsp3) is 0.261. The lowest BCUT2D eigenvalue weighted by Crippen LogP contribution is -2.49. The minimum Gasteiger partial charge on any atom is -0.493 e. The van der Waals surface area contributed by atoms with Gasteiger partial charge in [-0.3, -0.25) is 4.79 Å². The first-order valence-electron chi connectivity index (χ1n) is 9.90. The van der Waals surface area contributed by atoms with Crippen LogP contribution in [0.2, 0.25) is 0 Å². The Morgan fingerprint density at radius 3 is 2.37 bits per heavy atom. The van der Waals surface area contributed by atoms with Gasteiger partial charge in [0, 0.05) is 44.1 Å². The van der Waals surface area contributed by atoms with E-state index in [1.54, 1.807) is 43.8 Å². The van der Waals surface area contributed by atoms with E-state index in [9.17, 15) is 4.79 Å². The van der Waals surface area contributed by atoms with Gasteiger partial charge >= 0.3 is 0 Å².